The monoisotopic (exact) mass is 502 g/mol. The molecule has 5 rings (SSSR count). The molecule has 0 amide bonds. The minimum atomic E-state index is 0.433. The van der Waals surface area contributed by atoms with Gasteiger partial charge in [-0.15, -0.1) is 0 Å². The molecule has 0 spiro atoms. The molecule has 0 aliphatic carbocycles. The van der Waals surface area contributed by atoms with Crippen LogP contribution >= 0.6 is 0 Å². The number of likely N-dealkylation sites (tertiary alicyclic amines) is 1. The topological polar surface area (TPSA) is 78.0 Å². The molecule has 0 unspecified atom stereocenters. The Morgan fingerprint density at radius 3 is 2.59 bits per heavy atom. The summed E-state index contributed by atoms with van der Waals surface area (Å²) in [6.45, 7) is 5.83. The van der Waals surface area contributed by atoms with Crippen molar-refractivity contribution >= 4 is 11.6 Å². The van der Waals surface area contributed by atoms with Crippen LogP contribution in [-0.2, 0) is 22.7 Å². The number of benzene rings is 2. The first-order valence-corrected chi connectivity index (χ1v) is 12.8. The number of nitrogens with one attached hydrogen (secondary N) is 1. The van der Waals surface area contributed by atoms with E-state index in [1.54, 1.807) is 13.3 Å². The van der Waals surface area contributed by atoms with Crippen LogP contribution in [-0.4, -0.2) is 61.4 Å². The molecule has 3 heterocycles. The van der Waals surface area contributed by atoms with Crippen molar-refractivity contribution in [3.8, 4) is 22.8 Å². The van der Waals surface area contributed by atoms with Crippen molar-refractivity contribution in [3.05, 3.63) is 71.9 Å². The molecule has 2 aromatic carbocycles. The van der Waals surface area contributed by atoms with Gasteiger partial charge in [0.2, 0.25) is 5.95 Å². The molecule has 37 heavy (non-hydrogen) atoms. The van der Waals surface area contributed by atoms with E-state index in [0.717, 1.165) is 59.2 Å². The van der Waals surface area contributed by atoms with Gasteiger partial charge in [-0.05, 0) is 67.9 Å². The normalized spacial score (nSPS) is 17.3. The summed E-state index contributed by atoms with van der Waals surface area (Å²) in [5.41, 5.74) is 4.54. The first-order chi connectivity index (χ1) is 18.3. The molecule has 3 aromatic rings. The Labute approximate surface area is 218 Å². The highest BCUT2D eigenvalue weighted by molar-refractivity contribution is 5.69. The third-order valence-corrected chi connectivity index (χ3v) is 6.50. The average Bonchev–Trinajstić information content (AvgIpc) is 3.44. The van der Waals surface area contributed by atoms with Gasteiger partial charge in [0.15, 0.2) is 0 Å². The molecule has 1 saturated heterocycles. The maximum absolute atomic E-state index is 6.18. The van der Waals surface area contributed by atoms with Crippen LogP contribution in [0, 0.1) is 0 Å². The summed E-state index contributed by atoms with van der Waals surface area (Å²) in [7, 11) is 1.66. The SMILES string of the molecule is COc1ccc2cc1-c1ccnc(n1)Nc1ccc(OCCN3CCCC3)c(c1)COC/C=C/COC2. The molecule has 8 nitrogen and oxygen atoms in total. The van der Waals surface area contributed by atoms with Gasteiger partial charge in [-0.25, -0.2) is 9.97 Å². The zero-order valence-corrected chi connectivity index (χ0v) is 21.3. The van der Waals surface area contributed by atoms with E-state index in [9.17, 15) is 0 Å². The van der Waals surface area contributed by atoms with Crippen molar-refractivity contribution in [1.29, 1.82) is 0 Å². The van der Waals surface area contributed by atoms with Crippen LogP contribution in [0.1, 0.15) is 24.0 Å². The molecule has 0 saturated carbocycles. The number of ether oxygens (including phenoxy) is 4. The third-order valence-electron chi connectivity index (χ3n) is 6.50. The average molecular weight is 503 g/mol. The number of hydrogen-bond acceptors (Lipinski definition) is 8. The van der Waals surface area contributed by atoms with Gasteiger partial charge in [-0.1, -0.05) is 18.2 Å². The molecular formula is C29H34N4O4. The summed E-state index contributed by atoms with van der Waals surface area (Å²) in [5.74, 6) is 2.08. The van der Waals surface area contributed by atoms with Crippen LogP contribution < -0.4 is 14.8 Å². The second kappa shape index (κ2) is 12.7. The zero-order valence-electron chi connectivity index (χ0n) is 21.3. The van der Waals surface area contributed by atoms with E-state index in [0.29, 0.717) is 39.0 Å². The standard InChI is InChI=1S/C29H34N4O4/c1-34-28-8-6-22-18-25(28)26-10-11-30-29(32-26)31-24-7-9-27(37-17-14-33-12-2-3-13-33)23(19-24)21-36-16-5-4-15-35-20-22/h4-11,18-19H,2-3,12-17,20-21H2,1H3,(H,30,31,32)/b5-4+. The Balaban J connectivity index is 1.40. The maximum Gasteiger partial charge on any atom is 0.227 e. The number of fused-ring (bicyclic) bond motifs is 7. The summed E-state index contributed by atoms with van der Waals surface area (Å²) < 4.78 is 23.6. The lowest BCUT2D eigenvalue weighted by Gasteiger charge is -2.17. The predicted molar refractivity (Wildman–Crippen MR) is 143 cm³/mol. The Morgan fingerprint density at radius 1 is 0.946 bits per heavy atom. The fraction of sp³-hybridized carbons (Fsp3) is 0.379. The Hall–Kier alpha value is -3.46. The van der Waals surface area contributed by atoms with Crippen LogP contribution in [0.15, 0.2) is 60.8 Å². The lowest BCUT2D eigenvalue weighted by molar-refractivity contribution is 0.138. The maximum atomic E-state index is 6.18. The highest BCUT2D eigenvalue weighted by atomic mass is 16.5. The lowest BCUT2D eigenvalue weighted by Crippen LogP contribution is -2.25. The summed E-state index contributed by atoms with van der Waals surface area (Å²) in [4.78, 5) is 11.7. The summed E-state index contributed by atoms with van der Waals surface area (Å²) >= 11 is 0. The Bertz CT molecular complexity index is 1210. The van der Waals surface area contributed by atoms with Crippen LogP contribution in [0.25, 0.3) is 11.3 Å². The summed E-state index contributed by atoms with van der Waals surface area (Å²) in [6, 6.07) is 13.9. The van der Waals surface area contributed by atoms with Crippen molar-refractivity contribution in [3.63, 3.8) is 0 Å². The molecule has 1 fully saturated rings. The molecule has 1 aromatic heterocycles. The van der Waals surface area contributed by atoms with Crippen molar-refractivity contribution < 1.29 is 18.9 Å². The van der Waals surface area contributed by atoms with E-state index in [4.69, 9.17) is 23.9 Å². The van der Waals surface area contributed by atoms with Crippen molar-refractivity contribution in [2.45, 2.75) is 26.1 Å². The molecule has 2 aliphatic rings. The van der Waals surface area contributed by atoms with Gasteiger partial charge < -0.3 is 24.3 Å². The number of rotatable bonds is 5. The minimum absolute atomic E-state index is 0.433. The number of methoxy groups -OCH3 is 1. The van der Waals surface area contributed by atoms with Crippen LogP contribution in [0.3, 0.4) is 0 Å². The minimum Gasteiger partial charge on any atom is -0.496 e. The first kappa shape index (κ1) is 25.2. The quantitative estimate of drug-likeness (QED) is 0.490. The van der Waals surface area contributed by atoms with E-state index < -0.39 is 0 Å². The van der Waals surface area contributed by atoms with Gasteiger partial charge in [-0.3, -0.25) is 4.90 Å². The highest BCUT2D eigenvalue weighted by Crippen LogP contribution is 2.31. The van der Waals surface area contributed by atoms with Crippen LogP contribution in [0.4, 0.5) is 11.6 Å². The first-order valence-electron chi connectivity index (χ1n) is 12.8. The second-order valence-electron chi connectivity index (χ2n) is 9.15. The lowest BCUT2D eigenvalue weighted by atomic mass is 10.1. The number of hydrogen-bond donors (Lipinski definition) is 1. The Kier molecular flexibility index (Phi) is 8.63. The van der Waals surface area contributed by atoms with Gasteiger partial charge in [-0.2, -0.15) is 0 Å². The van der Waals surface area contributed by atoms with Crippen molar-refractivity contribution in [2.75, 3.05) is 51.9 Å². The van der Waals surface area contributed by atoms with Crippen LogP contribution in [0.5, 0.6) is 11.5 Å². The molecule has 0 radical (unpaired) electrons. The predicted octanol–water partition coefficient (Wildman–Crippen LogP) is 4.97. The highest BCUT2D eigenvalue weighted by Gasteiger charge is 2.14. The molecule has 8 heteroatoms. The molecular weight excluding hydrogens is 468 g/mol. The molecule has 0 atom stereocenters. The third kappa shape index (κ3) is 6.85. The van der Waals surface area contributed by atoms with E-state index in [2.05, 4.69) is 15.2 Å². The Morgan fingerprint density at radius 2 is 1.76 bits per heavy atom. The number of nitrogens with zero attached hydrogens (tertiary/aromatic N) is 3. The molecule has 194 valence electrons. The summed E-state index contributed by atoms with van der Waals surface area (Å²) in [6.07, 6.45) is 8.27. The van der Waals surface area contributed by atoms with Crippen molar-refractivity contribution in [2.24, 2.45) is 0 Å². The van der Waals surface area contributed by atoms with Gasteiger partial charge in [0, 0.05) is 29.6 Å². The van der Waals surface area contributed by atoms with E-state index >= 15 is 0 Å². The van der Waals surface area contributed by atoms with Gasteiger partial charge in [0.05, 0.1) is 39.2 Å². The van der Waals surface area contributed by atoms with Crippen molar-refractivity contribution in [1.82, 2.24) is 14.9 Å². The van der Waals surface area contributed by atoms with E-state index in [-0.39, 0.29) is 0 Å². The van der Waals surface area contributed by atoms with Gasteiger partial charge >= 0.3 is 0 Å². The second-order valence-corrected chi connectivity index (χ2v) is 9.15. The fourth-order valence-corrected chi connectivity index (χ4v) is 4.56. The number of aromatic nitrogens is 2. The molecule has 1 N–H and O–H groups in total. The molecule has 6 bridgehead atoms. The van der Waals surface area contributed by atoms with Gasteiger partial charge in [0.1, 0.15) is 18.1 Å². The van der Waals surface area contributed by atoms with Gasteiger partial charge in [0.25, 0.3) is 0 Å². The smallest absolute Gasteiger partial charge is 0.227 e. The fourth-order valence-electron chi connectivity index (χ4n) is 4.56. The van der Waals surface area contributed by atoms with E-state index in [1.165, 1.54) is 12.8 Å². The summed E-state index contributed by atoms with van der Waals surface area (Å²) in [5, 5.41) is 3.34. The zero-order chi connectivity index (χ0) is 25.3. The van der Waals surface area contributed by atoms with E-state index in [1.807, 2.05) is 54.6 Å². The largest absolute Gasteiger partial charge is 0.496 e. The van der Waals surface area contributed by atoms with Crippen LogP contribution in [0.2, 0.25) is 0 Å². The number of anilines is 2. The molecule has 2 aliphatic heterocycles.